The van der Waals surface area contributed by atoms with Crippen molar-refractivity contribution in [1.29, 1.82) is 0 Å². The Kier molecular flexibility index (Phi) is 8.40. The minimum atomic E-state index is -0.308. The van der Waals surface area contributed by atoms with E-state index in [0.717, 1.165) is 44.8 Å². The Morgan fingerprint density at radius 1 is 1.14 bits per heavy atom. The van der Waals surface area contributed by atoms with Crippen molar-refractivity contribution in [1.82, 2.24) is 14.8 Å². The molecule has 0 aliphatic carbocycles. The molecule has 1 aliphatic heterocycles. The molecule has 0 saturated carbocycles. The summed E-state index contributed by atoms with van der Waals surface area (Å²) in [4.78, 5) is 21.1. The molecule has 0 unspecified atom stereocenters. The molecule has 0 radical (unpaired) electrons. The topological polar surface area (TPSA) is 54.9 Å². The number of morpholine rings is 1. The Morgan fingerprint density at radius 3 is 2.59 bits per heavy atom. The lowest BCUT2D eigenvalue weighted by atomic mass is 10.2. The van der Waals surface area contributed by atoms with Gasteiger partial charge in [-0.15, -0.1) is 0 Å². The van der Waals surface area contributed by atoms with Crippen molar-refractivity contribution in [3.8, 4) is 5.75 Å². The van der Waals surface area contributed by atoms with Gasteiger partial charge in [-0.25, -0.2) is 4.39 Å². The molecule has 0 N–H and O–H groups in total. The van der Waals surface area contributed by atoms with Crippen LogP contribution in [0.15, 0.2) is 48.8 Å². The number of pyridine rings is 1. The number of hydrogen-bond acceptors (Lipinski definition) is 5. The molecule has 0 spiro atoms. The van der Waals surface area contributed by atoms with Crippen LogP contribution >= 0.6 is 0 Å². The van der Waals surface area contributed by atoms with Gasteiger partial charge in [0, 0.05) is 45.1 Å². The van der Waals surface area contributed by atoms with Crippen LogP contribution in [0.5, 0.6) is 5.75 Å². The molecule has 0 bridgehead atoms. The highest BCUT2D eigenvalue weighted by Crippen LogP contribution is 2.12. The minimum Gasteiger partial charge on any atom is -0.493 e. The van der Waals surface area contributed by atoms with Crippen molar-refractivity contribution < 1.29 is 18.7 Å². The third-order valence-electron chi connectivity index (χ3n) is 4.88. The van der Waals surface area contributed by atoms with Crippen LogP contribution < -0.4 is 4.74 Å². The van der Waals surface area contributed by atoms with Crippen LogP contribution in [0.2, 0.25) is 0 Å². The predicted octanol–water partition coefficient (Wildman–Crippen LogP) is 2.74. The quantitative estimate of drug-likeness (QED) is 0.613. The second-order valence-corrected chi connectivity index (χ2v) is 7.03. The molecular formula is C22H28FN3O3. The Balaban J connectivity index is 1.49. The van der Waals surface area contributed by atoms with Crippen LogP contribution in [0, 0.1) is 5.82 Å². The van der Waals surface area contributed by atoms with Gasteiger partial charge >= 0.3 is 0 Å². The van der Waals surface area contributed by atoms with E-state index in [0.29, 0.717) is 18.8 Å². The van der Waals surface area contributed by atoms with Crippen LogP contribution in [-0.2, 0) is 16.1 Å². The molecule has 6 nitrogen and oxygen atoms in total. The van der Waals surface area contributed by atoms with Crippen LogP contribution in [0.1, 0.15) is 18.4 Å². The molecule has 2 heterocycles. The number of hydrogen-bond donors (Lipinski definition) is 0. The van der Waals surface area contributed by atoms with E-state index in [-0.39, 0.29) is 24.8 Å². The molecular weight excluding hydrogens is 373 g/mol. The minimum absolute atomic E-state index is 0.0471. The Hall–Kier alpha value is -2.51. The fourth-order valence-corrected chi connectivity index (χ4v) is 3.26. The normalized spacial score (nSPS) is 14.5. The first-order valence-electron chi connectivity index (χ1n) is 10.1. The van der Waals surface area contributed by atoms with Gasteiger partial charge in [0.05, 0.1) is 26.2 Å². The number of benzene rings is 1. The number of amides is 1. The number of aromatic nitrogens is 1. The van der Waals surface area contributed by atoms with Crippen LogP contribution in [0.25, 0.3) is 0 Å². The van der Waals surface area contributed by atoms with E-state index in [9.17, 15) is 9.18 Å². The maximum atomic E-state index is 13.0. The van der Waals surface area contributed by atoms with Crippen molar-refractivity contribution >= 4 is 5.91 Å². The molecule has 156 valence electrons. The zero-order valence-corrected chi connectivity index (χ0v) is 16.6. The molecule has 29 heavy (non-hydrogen) atoms. The van der Waals surface area contributed by atoms with Crippen molar-refractivity contribution in [3.05, 3.63) is 60.2 Å². The van der Waals surface area contributed by atoms with Gasteiger partial charge in [-0.1, -0.05) is 0 Å². The van der Waals surface area contributed by atoms with Crippen LogP contribution in [-0.4, -0.2) is 66.7 Å². The number of rotatable bonds is 10. The summed E-state index contributed by atoms with van der Waals surface area (Å²) >= 11 is 0. The smallest absolute Gasteiger partial charge is 0.226 e. The van der Waals surface area contributed by atoms with Crippen molar-refractivity contribution in [2.45, 2.75) is 19.4 Å². The van der Waals surface area contributed by atoms with Crippen LogP contribution in [0.3, 0.4) is 0 Å². The first-order valence-corrected chi connectivity index (χ1v) is 10.1. The highest BCUT2D eigenvalue weighted by Gasteiger charge is 2.16. The summed E-state index contributed by atoms with van der Waals surface area (Å²) in [5, 5.41) is 0. The Labute approximate surface area is 171 Å². The van der Waals surface area contributed by atoms with Gasteiger partial charge < -0.3 is 14.4 Å². The van der Waals surface area contributed by atoms with Crippen molar-refractivity contribution in [2.24, 2.45) is 0 Å². The Morgan fingerprint density at radius 2 is 1.86 bits per heavy atom. The highest BCUT2D eigenvalue weighted by atomic mass is 19.1. The van der Waals surface area contributed by atoms with E-state index >= 15 is 0 Å². The van der Waals surface area contributed by atoms with Crippen molar-refractivity contribution in [3.63, 3.8) is 0 Å². The van der Waals surface area contributed by atoms with Gasteiger partial charge in [0.1, 0.15) is 11.6 Å². The largest absolute Gasteiger partial charge is 0.493 e. The average molecular weight is 401 g/mol. The SMILES string of the molecule is O=C(CCOc1ccc(F)cc1)N(CCCN1CCOCC1)Cc1ccncc1. The van der Waals surface area contributed by atoms with E-state index in [1.165, 1.54) is 12.1 Å². The van der Waals surface area contributed by atoms with E-state index in [1.54, 1.807) is 24.5 Å². The summed E-state index contributed by atoms with van der Waals surface area (Å²) in [7, 11) is 0. The number of carbonyl (C=O) groups is 1. The molecule has 1 aromatic heterocycles. The number of ether oxygens (including phenoxy) is 2. The summed E-state index contributed by atoms with van der Waals surface area (Å²) in [6, 6.07) is 9.68. The second kappa shape index (κ2) is 11.5. The molecule has 1 saturated heterocycles. The number of halogens is 1. The summed E-state index contributed by atoms with van der Waals surface area (Å²) < 4.78 is 23.9. The maximum Gasteiger partial charge on any atom is 0.226 e. The number of nitrogens with zero attached hydrogens (tertiary/aromatic N) is 3. The van der Waals surface area contributed by atoms with Crippen molar-refractivity contribution in [2.75, 3.05) is 46.0 Å². The third-order valence-corrected chi connectivity index (χ3v) is 4.88. The van der Waals surface area contributed by atoms with Gasteiger partial charge in [0.25, 0.3) is 0 Å². The Bertz CT molecular complexity index is 737. The second-order valence-electron chi connectivity index (χ2n) is 7.03. The zero-order valence-electron chi connectivity index (χ0n) is 16.6. The molecule has 1 aromatic carbocycles. The molecule has 7 heteroatoms. The molecule has 0 atom stereocenters. The van der Waals surface area contributed by atoms with Gasteiger partial charge in [0.2, 0.25) is 5.91 Å². The maximum absolute atomic E-state index is 13.0. The fraction of sp³-hybridized carbons (Fsp3) is 0.455. The molecule has 3 rings (SSSR count). The fourth-order valence-electron chi connectivity index (χ4n) is 3.26. The lowest BCUT2D eigenvalue weighted by molar-refractivity contribution is -0.132. The lowest BCUT2D eigenvalue weighted by Gasteiger charge is -2.28. The first kappa shape index (κ1) is 21.2. The summed E-state index contributed by atoms with van der Waals surface area (Å²) in [5.74, 6) is 0.301. The van der Waals surface area contributed by atoms with Gasteiger partial charge in [-0.05, 0) is 48.4 Å². The lowest BCUT2D eigenvalue weighted by Crippen LogP contribution is -2.39. The summed E-state index contributed by atoms with van der Waals surface area (Å²) in [6.07, 6.45) is 4.67. The third kappa shape index (κ3) is 7.44. The van der Waals surface area contributed by atoms with E-state index in [1.807, 2.05) is 17.0 Å². The highest BCUT2D eigenvalue weighted by molar-refractivity contribution is 5.76. The standard InChI is InChI=1S/C22H28FN3O3/c23-20-2-4-21(5-3-20)29-15-8-22(27)26(18-19-6-9-24-10-7-19)12-1-11-25-13-16-28-17-14-25/h2-7,9-10H,1,8,11-18H2. The summed E-state index contributed by atoms with van der Waals surface area (Å²) in [5.41, 5.74) is 1.05. The predicted molar refractivity (Wildman–Crippen MR) is 108 cm³/mol. The first-order chi connectivity index (χ1) is 14.2. The van der Waals surface area contributed by atoms with E-state index < -0.39 is 0 Å². The molecule has 1 aliphatic rings. The number of carbonyl (C=O) groups excluding carboxylic acids is 1. The molecule has 1 amide bonds. The average Bonchev–Trinajstić information content (AvgIpc) is 2.76. The summed E-state index contributed by atoms with van der Waals surface area (Å²) in [6.45, 7) is 5.92. The van der Waals surface area contributed by atoms with Gasteiger partial charge in [-0.2, -0.15) is 0 Å². The zero-order chi connectivity index (χ0) is 20.3. The van der Waals surface area contributed by atoms with Gasteiger partial charge in [-0.3, -0.25) is 14.7 Å². The van der Waals surface area contributed by atoms with E-state index in [2.05, 4.69) is 9.88 Å². The van der Waals surface area contributed by atoms with Gasteiger partial charge in [0.15, 0.2) is 0 Å². The monoisotopic (exact) mass is 401 g/mol. The van der Waals surface area contributed by atoms with E-state index in [4.69, 9.17) is 9.47 Å². The molecule has 2 aromatic rings. The molecule has 1 fully saturated rings. The van der Waals surface area contributed by atoms with Crippen LogP contribution in [0.4, 0.5) is 4.39 Å².